The van der Waals surface area contributed by atoms with E-state index < -0.39 is 0 Å². The lowest BCUT2D eigenvalue weighted by molar-refractivity contribution is 0.519. The van der Waals surface area contributed by atoms with Crippen molar-refractivity contribution in [3.8, 4) is 0 Å². The molecule has 0 bridgehead atoms. The Hall–Kier alpha value is -0.300. The van der Waals surface area contributed by atoms with Crippen molar-refractivity contribution in [3.05, 3.63) is 35.4 Å². The number of hydrogen-bond donors (Lipinski definition) is 0. The van der Waals surface area contributed by atoms with E-state index in [1.807, 2.05) is 6.08 Å². The predicted molar refractivity (Wildman–Crippen MR) is 55.8 cm³/mol. The fourth-order valence-electron chi connectivity index (χ4n) is 0.442. The molecular weight excluding hydrogens is 200 g/mol. The Kier molecular flexibility index (Phi) is 3.81. The molecule has 1 heteroatoms. The van der Waals surface area contributed by atoms with E-state index >= 15 is 0 Å². The molecule has 0 aliphatic carbocycles. The van der Waals surface area contributed by atoms with Gasteiger partial charge in [0.15, 0.2) is 0 Å². The lowest BCUT2D eigenvalue weighted by Gasteiger charge is -2.18. The molecule has 0 unspecified atom stereocenters. The number of halogens is 1. The molecule has 62 valence electrons. The molecule has 0 nitrogen and oxygen atoms in total. The topological polar surface area (TPSA) is 0 Å². The van der Waals surface area contributed by atoms with Crippen LogP contribution in [0, 0.1) is 5.41 Å². The molecule has 0 aliphatic rings. The number of allylic oxidation sites excluding steroid dienone is 4. The Morgan fingerprint density at radius 3 is 2.09 bits per heavy atom. The van der Waals surface area contributed by atoms with Gasteiger partial charge in [-0.2, -0.15) is 0 Å². The summed E-state index contributed by atoms with van der Waals surface area (Å²) in [6.07, 6.45) is 3.75. The lowest BCUT2D eigenvalue weighted by Crippen LogP contribution is -2.05. The first-order valence-electron chi connectivity index (χ1n) is 3.57. The van der Waals surface area contributed by atoms with Crippen molar-refractivity contribution in [3.63, 3.8) is 0 Å². The van der Waals surface area contributed by atoms with Gasteiger partial charge in [-0.05, 0) is 17.1 Å². The Bertz CT molecular complexity index is 191. The second kappa shape index (κ2) is 3.91. The Morgan fingerprint density at radius 1 is 1.36 bits per heavy atom. The largest absolute Gasteiger partial charge is 0.0979 e. The number of hydrogen-bond acceptors (Lipinski definition) is 0. The van der Waals surface area contributed by atoms with Crippen LogP contribution in [0.4, 0.5) is 0 Å². The van der Waals surface area contributed by atoms with Crippen LogP contribution in [-0.4, -0.2) is 0 Å². The third kappa shape index (κ3) is 4.20. The monoisotopic (exact) mass is 214 g/mol. The fourth-order valence-corrected chi connectivity index (χ4v) is 0.718. The maximum atomic E-state index is 3.96. The van der Waals surface area contributed by atoms with Gasteiger partial charge in [-0.25, -0.2) is 0 Å². The minimum atomic E-state index is 0.141. The van der Waals surface area contributed by atoms with Crippen molar-refractivity contribution in [2.45, 2.75) is 20.8 Å². The highest BCUT2D eigenvalue weighted by Crippen LogP contribution is 2.26. The van der Waals surface area contributed by atoms with Gasteiger partial charge in [0.2, 0.25) is 0 Å². The zero-order chi connectivity index (χ0) is 9.07. The van der Waals surface area contributed by atoms with Gasteiger partial charge in [0.1, 0.15) is 0 Å². The Balaban J connectivity index is 4.42. The summed E-state index contributed by atoms with van der Waals surface area (Å²) >= 11 is 3.35. The smallest absolute Gasteiger partial charge is 0.0172 e. The van der Waals surface area contributed by atoms with Gasteiger partial charge in [-0.3, -0.25) is 0 Å². The third-order valence-electron chi connectivity index (χ3n) is 1.47. The summed E-state index contributed by atoms with van der Waals surface area (Å²) in [6.45, 7) is 14.0. The first kappa shape index (κ1) is 10.7. The molecule has 0 saturated heterocycles. The first-order chi connectivity index (χ1) is 4.88. The molecule has 0 atom stereocenters. The van der Waals surface area contributed by atoms with Crippen molar-refractivity contribution < 1.29 is 0 Å². The summed E-state index contributed by atoms with van der Waals surface area (Å²) in [5.41, 5.74) is 1.24. The normalized spacial score (nSPS) is 12.9. The third-order valence-corrected chi connectivity index (χ3v) is 2.02. The highest BCUT2D eigenvalue weighted by molar-refractivity contribution is 9.11. The molecule has 11 heavy (non-hydrogen) atoms. The average molecular weight is 215 g/mol. The summed E-state index contributed by atoms with van der Waals surface area (Å²) in [7, 11) is 0. The van der Waals surface area contributed by atoms with Crippen molar-refractivity contribution in [2.75, 3.05) is 0 Å². The van der Waals surface area contributed by atoms with E-state index in [2.05, 4.69) is 49.9 Å². The van der Waals surface area contributed by atoms with E-state index in [9.17, 15) is 0 Å². The summed E-state index contributed by atoms with van der Waals surface area (Å²) in [5, 5.41) is 0. The SMILES string of the molecule is C=CC(Br)=CC(=C)C(C)(C)C. The van der Waals surface area contributed by atoms with Gasteiger partial charge >= 0.3 is 0 Å². The standard InChI is InChI=1S/C10H15Br/c1-6-9(11)7-8(2)10(3,4)5/h6-7H,1-2H2,3-5H3. The molecule has 0 amide bonds. The molecule has 0 radical (unpaired) electrons. The molecule has 0 aromatic rings. The van der Waals surface area contributed by atoms with Crippen LogP contribution < -0.4 is 0 Å². The summed E-state index contributed by atoms with van der Waals surface area (Å²) in [6, 6.07) is 0. The van der Waals surface area contributed by atoms with Gasteiger partial charge < -0.3 is 0 Å². The molecule has 0 saturated carbocycles. The van der Waals surface area contributed by atoms with Gasteiger partial charge in [0.05, 0.1) is 0 Å². The van der Waals surface area contributed by atoms with Crippen LogP contribution in [0.3, 0.4) is 0 Å². The fraction of sp³-hybridized carbons (Fsp3) is 0.400. The van der Waals surface area contributed by atoms with E-state index in [0.29, 0.717) is 0 Å². The molecular formula is C10H15Br. The summed E-state index contributed by atoms with van der Waals surface area (Å²) < 4.78 is 0.984. The second-order valence-corrected chi connectivity index (χ2v) is 4.42. The summed E-state index contributed by atoms with van der Waals surface area (Å²) in [4.78, 5) is 0. The Morgan fingerprint density at radius 2 is 1.82 bits per heavy atom. The van der Waals surface area contributed by atoms with Crippen LogP contribution in [0.2, 0.25) is 0 Å². The van der Waals surface area contributed by atoms with Crippen LogP contribution in [0.15, 0.2) is 35.4 Å². The van der Waals surface area contributed by atoms with Crippen molar-refractivity contribution in [1.82, 2.24) is 0 Å². The van der Waals surface area contributed by atoms with Gasteiger partial charge in [0.25, 0.3) is 0 Å². The van der Waals surface area contributed by atoms with E-state index in [4.69, 9.17) is 0 Å². The summed E-state index contributed by atoms with van der Waals surface area (Å²) in [5.74, 6) is 0. The van der Waals surface area contributed by atoms with Crippen LogP contribution in [0.25, 0.3) is 0 Å². The molecule has 0 aromatic carbocycles. The van der Waals surface area contributed by atoms with Crippen LogP contribution in [0.5, 0.6) is 0 Å². The van der Waals surface area contributed by atoms with Gasteiger partial charge in [0, 0.05) is 4.48 Å². The predicted octanol–water partition coefficient (Wildman–Crippen LogP) is 4.05. The minimum Gasteiger partial charge on any atom is -0.0979 e. The van der Waals surface area contributed by atoms with E-state index in [1.54, 1.807) is 6.08 Å². The maximum Gasteiger partial charge on any atom is 0.0172 e. The maximum absolute atomic E-state index is 3.96. The van der Waals surface area contributed by atoms with Crippen LogP contribution in [-0.2, 0) is 0 Å². The first-order valence-corrected chi connectivity index (χ1v) is 4.36. The van der Waals surface area contributed by atoms with E-state index in [1.165, 1.54) is 0 Å². The van der Waals surface area contributed by atoms with Gasteiger partial charge in [-0.1, -0.05) is 55.9 Å². The highest BCUT2D eigenvalue weighted by atomic mass is 79.9. The lowest BCUT2D eigenvalue weighted by atomic mass is 9.87. The Labute approximate surface area is 77.8 Å². The minimum absolute atomic E-state index is 0.141. The second-order valence-electron chi connectivity index (χ2n) is 3.51. The molecule has 0 rings (SSSR count). The van der Waals surface area contributed by atoms with E-state index in [0.717, 1.165) is 10.1 Å². The van der Waals surface area contributed by atoms with Crippen molar-refractivity contribution in [1.29, 1.82) is 0 Å². The zero-order valence-corrected chi connectivity index (χ0v) is 9.03. The highest BCUT2D eigenvalue weighted by Gasteiger charge is 2.12. The van der Waals surface area contributed by atoms with Crippen LogP contribution in [0.1, 0.15) is 20.8 Å². The van der Waals surface area contributed by atoms with Gasteiger partial charge in [-0.15, -0.1) is 0 Å². The quantitative estimate of drug-likeness (QED) is 0.609. The molecule has 0 N–H and O–H groups in total. The average Bonchev–Trinajstić information content (AvgIpc) is 1.85. The van der Waals surface area contributed by atoms with E-state index in [-0.39, 0.29) is 5.41 Å². The molecule has 0 aliphatic heterocycles. The van der Waals surface area contributed by atoms with Crippen molar-refractivity contribution in [2.24, 2.45) is 5.41 Å². The molecule has 0 heterocycles. The van der Waals surface area contributed by atoms with Crippen molar-refractivity contribution >= 4 is 15.9 Å². The molecule has 0 spiro atoms. The molecule has 0 aromatic heterocycles. The molecule has 0 fully saturated rings. The number of rotatable bonds is 2. The zero-order valence-electron chi connectivity index (χ0n) is 7.45. The van der Waals surface area contributed by atoms with Crippen LogP contribution >= 0.6 is 15.9 Å².